The van der Waals surface area contributed by atoms with Gasteiger partial charge < -0.3 is 10.4 Å². The van der Waals surface area contributed by atoms with Crippen molar-refractivity contribution in [1.29, 1.82) is 0 Å². The van der Waals surface area contributed by atoms with Crippen molar-refractivity contribution in [3.63, 3.8) is 0 Å². The summed E-state index contributed by atoms with van der Waals surface area (Å²) in [4.78, 5) is 49.2. The molecule has 7 nitrogen and oxygen atoms in total. The molecule has 34 heavy (non-hydrogen) atoms. The molecule has 3 aromatic rings. The zero-order valence-corrected chi connectivity index (χ0v) is 20.0. The lowest BCUT2D eigenvalue weighted by molar-refractivity contribution is -0.140. The van der Waals surface area contributed by atoms with E-state index in [0.717, 1.165) is 10.8 Å². The minimum Gasteiger partial charge on any atom is -0.481 e. The van der Waals surface area contributed by atoms with Crippen LogP contribution in [-0.4, -0.2) is 46.0 Å². The highest BCUT2D eigenvalue weighted by molar-refractivity contribution is 6.33. The third kappa shape index (κ3) is 5.39. The average molecular weight is 509 g/mol. The number of carbonyl (C=O) groups excluding carboxylic acids is 3. The van der Waals surface area contributed by atoms with Gasteiger partial charge in [0.05, 0.1) is 17.5 Å². The Hall–Kier alpha value is -2.97. The summed E-state index contributed by atoms with van der Waals surface area (Å²) < 4.78 is 14.4. The smallest absolute Gasteiger partial charge is 0.305 e. The SMILES string of the molecule is CC(C)C(CC(=O)n1c2ccc(Cl)cc2c2cc(Cl)ccc21)C(=O)NC(CC(=O)O)C(=O)CF. The number of nitrogens with zero attached hydrogens (tertiary/aromatic N) is 1. The number of carbonyl (C=O) groups is 4. The van der Waals surface area contributed by atoms with Gasteiger partial charge in [-0.1, -0.05) is 37.0 Å². The lowest BCUT2D eigenvalue weighted by atomic mass is 9.90. The van der Waals surface area contributed by atoms with Gasteiger partial charge in [-0.2, -0.15) is 0 Å². The molecule has 2 N–H and O–H groups in total. The summed E-state index contributed by atoms with van der Waals surface area (Å²) in [6, 6.07) is 8.66. The highest BCUT2D eigenvalue weighted by Crippen LogP contribution is 2.33. The lowest BCUT2D eigenvalue weighted by Gasteiger charge is -2.23. The van der Waals surface area contributed by atoms with Crippen molar-refractivity contribution in [3.05, 3.63) is 46.4 Å². The van der Waals surface area contributed by atoms with Crippen molar-refractivity contribution in [2.45, 2.75) is 32.7 Å². The lowest BCUT2D eigenvalue weighted by Crippen LogP contribution is -2.47. The molecule has 0 saturated heterocycles. The molecule has 0 radical (unpaired) electrons. The minimum absolute atomic E-state index is 0.225. The summed E-state index contributed by atoms with van der Waals surface area (Å²) in [5.74, 6) is -4.68. The highest BCUT2D eigenvalue weighted by Gasteiger charge is 2.31. The predicted octanol–water partition coefficient (Wildman–Crippen LogP) is 4.90. The molecule has 10 heteroatoms. The quantitative estimate of drug-likeness (QED) is 0.427. The number of aliphatic carboxylic acids is 1. The molecule has 2 atom stereocenters. The van der Waals surface area contributed by atoms with Crippen molar-refractivity contribution in [3.8, 4) is 0 Å². The van der Waals surface area contributed by atoms with Crippen LogP contribution >= 0.6 is 23.2 Å². The first kappa shape index (κ1) is 25.6. The van der Waals surface area contributed by atoms with Gasteiger partial charge in [0.25, 0.3) is 0 Å². The molecule has 3 rings (SSSR count). The maximum absolute atomic E-state index is 13.5. The van der Waals surface area contributed by atoms with Gasteiger partial charge in [-0.25, -0.2) is 4.39 Å². The van der Waals surface area contributed by atoms with Gasteiger partial charge in [-0.15, -0.1) is 0 Å². The molecule has 0 bridgehead atoms. The van der Waals surface area contributed by atoms with E-state index in [0.29, 0.717) is 21.1 Å². The molecule has 0 spiro atoms. The van der Waals surface area contributed by atoms with Crippen LogP contribution in [0.3, 0.4) is 0 Å². The van der Waals surface area contributed by atoms with Crippen LogP contribution in [0, 0.1) is 11.8 Å². The molecule has 0 saturated carbocycles. The molecule has 0 aliphatic heterocycles. The third-order valence-electron chi connectivity index (χ3n) is 5.69. The summed E-state index contributed by atoms with van der Waals surface area (Å²) in [6.07, 6.45) is -0.973. The van der Waals surface area contributed by atoms with E-state index < -0.39 is 42.7 Å². The number of hydrogen-bond acceptors (Lipinski definition) is 4. The number of hydrogen-bond donors (Lipinski definition) is 2. The van der Waals surface area contributed by atoms with Crippen molar-refractivity contribution in [2.24, 2.45) is 11.8 Å². The van der Waals surface area contributed by atoms with Gasteiger partial charge in [-0.3, -0.25) is 23.7 Å². The second-order valence-corrected chi connectivity index (χ2v) is 9.24. The molecule has 0 aliphatic carbocycles. The molecule has 1 amide bonds. The Morgan fingerprint density at radius 3 is 1.94 bits per heavy atom. The summed E-state index contributed by atoms with van der Waals surface area (Å²) in [5, 5.41) is 13.7. The van der Waals surface area contributed by atoms with Crippen molar-refractivity contribution >= 4 is 68.6 Å². The zero-order valence-electron chi connectivity index (χ0n) is 18.5. The number of aromatic nitrogens is 1. The summed E-state index contributed by atoms with van der Waals surface area (Å²) in [5.41, 5.74) is 1.18. The van der Waals surface area contributed by atoms with Crippen molar-refractivity contribution in [2.75, 3.05) is 6.67 Å². The number of carboxylic acids is 1. The molecular weight excluding hydrogens is 486 g/mol. The molecule has 1 aromatic heterocycles. The predicted molar refractivity (Wildman–Crippen MR) is 128 cm³/mol. The number of Topliss-reactive ketones (excluding diaryl/α,β-unsaturated/α-hetero) is 1. The maximum atomic E-state index is 13.5. The second-order valence-electron chi connectivity index (χ2n) is 8.37. The zero-order chi connectivity index (χ0) is 25.2. The maximum Gasteiger partial charge on any atom is 0.305 e. The van der Waals surface area contributed by atoms with E-state index in [9.17, 15) is 23.6 Å². The van der Waals surface area contributed by atoms with Crippen LogP contribution in [0.25, 0.3) is 21.8 Å². The molecule has 0 aliphatic rings. The monoisotopic (exact) mass is 508 g/mol. The number of benzene rings is 2. The Labute approximate surface area is 204 Å². The largest absolute Gasteiger partial charge is 0.481 e. The minimum atomic E-state index is -1.51. The van der Waals surface area contributed by atoms with Crippen LogP contribution in [0.15, 0.2) is 36.4 Å². The van der Waals surface area contributed by atoms with E-state index >= 15 is 0 Å². The molecule has 2 aromatic carbocycles. The van der Waals surface area contributed by atoms with Gasteiger partial charge in [-0.05, 0) is 42.3 Å². The van der Waals surface area contributed by atoms with Crippen LogP contribution in [0.4, 0.5) is 4.39 Å². The second kappa shape index (κ2) is 10.5. The van der Waals surface area contributed by atoms with E-state index in [1.165, 1.54) is 4.57 Å². The molecule has 2 unspecified atom stereocenters. The standard InChI is InChI=1S/C24H23Cl2FN2O5/c1-12(2)15(24(34)28-18(10-23(32)33)21(30)11-27)9-22(31)29-19-5-3-13(25)7-16(19)17-8-14(26)4-6-20(17)29/h3-8,12,15,18H,9-11H2,1-2H3,(H,28,34)(H,32,33). The first-order valence-electron chi connectivity index (χ1n) is 10.6. The van der Waals surface area contributed by atoms with Gasteiger partial charge in [0.15, 0.2) is 5.78 Å². The van der Waals surface area contributed by atoms with Crippen LogP contribution < -0.4 is 5.32 Å². The summed E-state index contributed by atoms with van der Waals surface area (Å²) in [7, 11) is 0. The average Bonchev–Trinajstić information content (AvgIpc) is 3.08. The third-order valence-corrected chi connectivity index (χ3v) is 6.16. The van der Waals surface area contributed by atoms with Crippen LogP contribution in [0.2, 0.25) is 10.0 Å². The number of amides is 1. The Balaban J connectivity index is 1.96. The van der Waals surface area contributed by atoms with Crippen LogP contribution in [0.5, 0.6) is 0 Å². The number of fused-ring (bicyclic) bond motifs is 3. The summed E-state index contributed by atoms with van der Waals surface area (Å²) >= 11 is 12.3. The first-order valence-corrected chi connectivity index (χ1v) is 11.3. The van der Waals surface area contributed by atoms with Gasteiger partial charge in [0.2, 0.25) is 11.8 Å². The molecule has 1 heterocycles. The number of carboxylic acid groups (broad SMARTS) is 1. The summed E-state index contributed by atoms with van der Waals surface area (Å²) in [6.45, 7) is 2.05. The Morgan fingerprint density at radius 1 is 0.971 bits per heavy atom. The van der Waals surface area contributed by atoms with Crippen LogP contribution in [0.1, 0.15) is 31.5 Å². The molecule has 180 valence electrons. The number of ketones is 1. The van der Waals surface area contributed by atoms with E-state index in [-0.39, 0.29) is 18.2 Å². The Kier molecular flexibility index (Phi) is 7.94. The number of halogens is 3. The highest BCUT2D eigenvalue weighted by atomic mass is 35.5. The van der Waals surface area contributed by atoms with E-state index in [1.807, 2.05) is 0 Å². The molecular formula is C24H23Cl2FN2O5. The normalized spacial score (nSPS) is 13.2. The van der Waals surface area contributed by atoms with Crippen molar-refractivity contribution in [1.82, 2.24) is 9.88 Å². The van der Waals surface area contributed by atoms with Crippen molar-refractivity contribution < 1.29 is 28.7 Å². The Morgan fingerprint density at radius 2 is 1.50 bits per heavy atom. The number of nitrogens with one attached hydrogen (secondary N) is 1. The Bertz CT molecular complexity index is 1230. The topological polar surface area (TPSA) is 105 Å². The van der Waals surface area contributed by atoms with E-state index in [1.54, 1.807) is 50.2 Å². The van der Waals surface area contributed by atoms with Crippen LogP contribution in [-0.2, 0) is 14.4 Å². The fourth-order valence-corrected chi connectivity index (χ4v) is 4.28. The van der Waals surface area contributed by atoms with Gasteiger partial charge in [0, 0.05) is 33.2 Å². The van der Waals surface area contributed by atoms with Gasteiger partial charge >= 0.3 is 5.97 Å². The number of rotatable bonds is 9. The fourth-order valence-electron chi connectivity index (χ4n) is 3.94. The first-order chi connectivity index (χ1) is 16.0. The fraction of sp³-hybridized carbons (Fsp3) is 0.333. The molecule has 0 fully saturated rings. The van der Waals surface area contributed by atoms with E-state index in [4.69, 9.17) is 28.3 Å². The number of alkyl halides is 1. The van der Waals surface area contributed by atoms with Gasteiger partial charge in [0.1, 0.15) is 12.7 Å². The van der Waals surface area contributed by atoms with E-state index in [2.05, 4.69) is 5.32 Å².